The number of hydrogen-bond donors (Lipinski definition) is 2. The van der Waals surface area contributed by atoms with Crippen LogP contribution < -0.4 is 11.1 Å². The second kappa shape index (κ2) is 5.24. The molecule has 1 rings (SSSR count). The van der Waals surface area contributed by atoms with Gasteiger partial charge in [0.1, 0.15) is 5.82 Å². The summed E-state index contributed by atoms with van der Waals surface area (Å²) in [6.07, 6.45) is 0.925. The fourth-order valence-electron chi connectivity index (χ4n) is 1.25. The SMILES string of the molecule is CC(C)(N)CCNCc1ccc(F)cc1. The maximum atomic E-state index is 12.6. The van der Waals surface area contributed by atoms with Gasteiger partial charge in [-0.2, -0.15) is 0 Å². The lowest BCUT2D eigenvalue weighted by Crippen LogP contribution is -2.35. The van der Waals surface area contributed by atoms with Crippen LogP contribution in [-0.2, 0) is 6.54 Å². The van der Waals surface area contributed by atoms with Gasteiger partial charge in [-0.1, -0.05) is 12.1 Å². The van der Waals surface area contributed by atoms with Gasteiger partial charge in [0.2, 0.25) is 0 Å². The van der Waals surface area contributed by atoms with Crippen LogP contribution in [0.1, 0.15) is 25.8 Å². The van der Waals surface area contributed by atoms with Gasteiger partial charge >= 0.3 is 0 Å². The zero-order chi connectivity index (χ0) is 11.3. The molecule has 0 fully saturated rings. The third-order valence-electron chi connectivity index (χ3n) is 2.19. The molecule has 0 bridgehead atoms. The molecule has 0 aliphatic heterocycles. The summed E-state index contributed by atoms with van der Waals surface area (Å²) in [6, 6.07) is 6.53. The summed E-state index contributed by atoms with van der Waals surface area (Å²) >= 11 is 0. The van der Waals surface area contributed by atoms with Gasteiger partial charge in [0, 0.05) is 12.1 Å². The average molecular weight is 210 g/mol. The number of hydrogen-bond acceptors (Lipinski definition) is 2. The van der Waals surface area contributed by atoms with E-state index in [9.17, 15) is 4.39 Å². The van der Waals surface area contributed by atoms with E-state index in [2.05, 4.69) is 5.32 Å². The monoisotopic (exact) mass is 210 g/mol. The molecule has 0 radical (unpaired) electrons. The quantitative estimate of drug-likeness (QED) is 0.730. The van der Waals surface area contributed by atoms with Crippen molar-refractivity contribution < 1.29 is 4.39 Å². The molecular formula is C12H19FN2. The molecule has 3 heteroatoms. The van der Waals surface area contributed by atoms with Crippen LogP contribution >= 0.6 is 0 Å². The lowest BCUT2D eigenvalue weighted by Gasteiger charge is -2.18. The van der Waals surface area contributed by atoms with Crippen molar-refractivity contribution in [3.63, 3.8) is 0 Å². The van der Waals surface area contributed by atoms with Crippen molar-refractivity contribution in [1.29, 1.82) is 0 Å². The van der Waals surface area contributed by atoms with Crippen LogP contribution in [0.3, 0.4) is 0 Å². The molecule has 0 aromatic heterocycles. The zero-order valence-electron chi connectivity index (χ0n) is 9.39. The van der Waals surface area contributed by atoms with E-state index < -0.39 is 0 Å². The van der Waals surface area contributed by atoms with E-state index in [1.165, 1.54) is 12.1 Å². The second-order valence-electron chi connectivity index (χ2n) is 4.54. The van der Waals surface area contributed by atoms with Crippen molar-refractivity contribution >= 4 is 0 Å². The lowest BCUT2D eigenvalue weighted by molar-refractivity contribution is 0.455. The highest BCUT2D eigenvalue weighted by molar-refractivity contribution is 5.15. The summed E-state index contributed by atoms with van der Waals surface area (Å²) in [4.78, 5) is 0. The largest absolute Gasteiger partial charge is 0.326 e. The minimum atomic E-state index is -0.193. The molecule has 0 saturated carbocycles. The van der Waals surface area contributed by atoms with Crippen LogP contribution in [0.5, 0.6) is 0 Å². The number of nitrogens with one attached hydrogen (secondary N) is 1. The van der Waals surface area contributed by atoms with Crippen LogP contribution in [0.2, 0.25) is 0 Å². The summed E-state index contributed by atoms with van der Waals surface area (Å²) in [5.74, 6) is -0.193. The first-order valence-electron chi connectivity index (χ1n) is 5.21. The first-order chi connectivity index (χ1) is 6.97. The van der Waals surface area contributed by atoms with Gasteiger partial charge in [0.15, 0.2) is 0 Å². The van der Waals surface area contributed by atoms with Crippen molar-refractivity contribution in [2.75, 3.05) is 6.54 Å². The molecule has 0 heterocycles. The van der Waals surface area contributed by atoms with Crippen LogP contribution in [0.25, 0.3) is 0 Å². The molecule has 0 amide bonds. The molecule has 1 aromatic carbocycles. The summed E-state index contributed by atoms with van der Waals surface area (Å²) in [5, 5.41) is 3.28. The van der Waals surface area contributed by atoms with E-state index in [0.717, 1.165) is 25.1 Å². The van der Waals surface area contributed by atoms with Crippen LogP contribution in [-0.4, -0.2) is 12.1 Å². The highest BCUT2D eigenvalue weighted by atomic mass is 19.1. The number of halogens is 1. The topological polar surface area (TPSA) is 38.0 Å². The van der Waals surface area contributed by atoms with E-state index >= 15 is 0 Å². The molecule has 84 valence electrons. The normalized spacial score (nSPS) is 11.7. The molecule has 0 saturated heterocycles. The van der Waals surface area contributed by atoms with Gasteiger partial charge in [-0.05, 0) is 44.5 Å². The molecular weight excluding hydrogens is 191 g/mol. The van der Waals surface area contributed by atoms with Crippen molar-refractivity contribution in [3.8, 4) is 0 Å². The lowest BCUT2D eigenvalue weighted by atomic mass is 10.0. The Kier molecular flexibility index (Phi) is 4.24. The zero-order valence-corrected chi connectivity index (χ0v) is 9.39. The van der Waals surface area contributed by atoms with Crippen LogP contribution in [0, 0.1) is 5.82 Å². The first kappa shape index (κ1) is 12.1. The Labute approximate surface area is 90.7 Å². The summed E-state index contributed by atoms with van der Waals surface area (Å²) in [6.45, 7) is 5.65. The van der Waals surface area contributed by atoms with Gasteiger partial charge in [-0.3, -0.25) is 0 Å². The first-order valence-corrected chi connectivity index (χ1v) is 5.21. The van der Waals surface area contributed by atoms with Crippen molar-refractivity contribution in [2.45, 2.75) is 32.4 Å². The Bertz CT molecular complexity index is 287. The van der Waals surface area contributed by atoms with E-state index in [0.29, 0.717) is 0 Å². The molecule has 1 aromatic rings. The van der Waals surface area contributed by atoms with Gasteiger partial charge < -0.3 is 11.1 Å². The maximum absolute atomic E-state index is 12.6. The molecule has 0 aliphatic carbocycles. The van der Waals surface area contributed by atoms with Crippen LogP contribution in [0.15, 0.2) is 24.3 Å². The molecule has 15 heavy (non-hydrogen) atoms. The van der Waals surface area contributed by atoms with Gasteiger partial charge in [0.05, 0.1) is 0 Å². The highest BCUT2D eigenvalue weighted by Crippen LogP contribution is 2.04. The molecule has 3 N–H and O–H groups in total. The van der Waals surface area contributed by atoms with E-state index in [1.807, 2.05) is 13.8 Å². The molecule has 0 aliphatic rings. The molecule has 0 atom stereocenters. The Morgan fingerprint density at radius 3 is 2.40 bits per heavy atom. The minimum Gasteiger partial charge on any atom is -0.326 e. The average Bonchev–Trinajstić information content (AvgIpc) is 2.14. The van der Waals surface area contributed by atoms with Crippen molar-refractivity contribution in [1.82, 2.24) is 5.32 Å². The third-order valence-corrected chi connectivity index (χ3v) is 2.19. The van der Waals surface area contributed by atoms with Gasteiger partial charge in [-0.25, -0.2) is 4.39 Å². The smallest absolute Gasteiger partial charge is 0.123 e. The second-order valence-corrected chi connectivity index (χ2v) is 4.54. The van der Waals surface area contributed by atoms with Crippen LogP contribution in [0.4, 0.5) is 4.39 Å². The minimum absolute atomic E-state index is 0.129. The number of benzene rings is 1. The summed E-state index contributed by atoms with van der Waals surface area (Å²) in [7, 11) is 0. The predicted octanol–water partition coefficient (Wildman–Crippen LogP) is 2.04. The van der Waals surface area contributed by atoms with Gasteiger partial charge in [-0.15, -0.1) is 0 Å². The van der Waals surface area contributed by atoms with Gasteiger partial charge in [0.25, 0.3) is 0 Å². The summed E-state index contributed by atoms with van der Waals surface area (Å²) in [5.41, 5.74) is 6.81. The van der Waals surface area contributed by atoms with E-state index in [-0.39, 0.29) is 11.4 Å². The standard InChI is InChI=1S/C12H19FN2/c1-12(2,14)7-8-15-9-10-3-5-11(13)6-4-10/h3-6,15H,7-9,14H2,1-2H3. The Balaban J connectivity index is 2.23. The summed E-state index contributed by atoms with van der Waals surface area (Å²) < 4.78 is 12.6. The molecule has 0 unspecified atom stereocenters. The Hall–Kier alpha value is -0.930. The van der Waals surface area contributed by atoms with Crippen molar-refractivity contribution in [3.05, 3.63) is 35.6 Å². The maximum Gasteiger partial charge on any atom is 0.123 e. The molecule has 2 nitrogen and oxygen atoms in total. The third kappa shape index (κ3) is 5.50. The molecule has 0 spiro atoms. The Morgan fingerprint density at radius 1 is 1.27 bits per heavy atom. The van der Waals surface area contributed by atoms with E-state index in [4.69, 9.17) is 5.73 Å². The highest BCUT2D eigenvalue weighted by Gasteiger charge is 2.08. The fraction of sp³-hybridized carbons (Fsp3) is 0.500. The Morgan fingerprint density at radius 2 is 1.87 bits per heavy atom. The predicted molar refractivity (Wildman–Crippen MR) is 61.0 cm³/mol. The number of rotatable bonds is 5. The number of nitrogens with two attached hydrogens (primary N) is 1. The van der Waals surface area contributed by atoms with Crippen molar-refractivity contribution in [2.24, 2.45) is 5.73 Å². The van der Waals surface area contributed by atoms with E-state index in [1.54, 1.807) is 12.1 Å². The fourth-order valence-corrected chi connectivity index (χ4v) is 1.25.